The van der Waals surface area contributed by atoms with Crippen molar-refractivity contribution in [2.24, 2.45) is 0 Å². The summed E-state index contributed by atoms with van der Waals surface area (Å²) in [6.07, 6.45) is 3.91. The van der Waals surface area contributed by atoms with E-state index in [1.165, 1.54) is 0 Å². The molecule has 4 aromatic rings. The van der Waals surface area contributed by atoms with E-state index in [1.54, 1.807) is 25.6 Å². The van der Waals surface area contributed by atoms with E-state index in [0.29, 0.717) is 88.5 Å². The van der Waals surface area contributed by atoms with Gasteiger partial charge in [-0.3, -0.25) is 9.78 Å². The minimum atomic E-state index is -0.229. The van der Waals surface area contributed by atoms with Crippen LogP contribution in [0.15, 0.2) is 54.9 Å². The Morgan fingerprint density at radius 2 is 1.82 bits per heavy atom. The van der Waals surface area contributed by atoms with E-state index in [0.717, 1.165) is 11.3 Å². The van der Waals surface area contributed by atoms with E-state index < -0.39 is 0 Å². The third-order valence-corrected chi connectivity index (χ3v) is 7.92. The molecule has 0 aliphatic carbocycles. The number of carbonyl (C=O) groups is 1. The highest BCUT2D eigenvalue weighted by Gasteiger charge is 2.29. The number of rotatable bonds is 5. The lowest BCUT2D eigenvalue weighted by molar-refractivity contribution is 0.0923. The number of morpholine rings is 1. The number of amides is 1. The number of hydrogen-bond donors (Lipinski definition) is 1. The van der Waals surface area contributed by atoms with Gasteiger partial charge in [0, 0.05) is 36.8 Å². The summed E-state index contributed by atoms with van der Waals surface area (Å²) >= 11 is 13.0. The van der Waals surface area contributed by atoms with Gasteiger partial charge in [0.05, 0.1) is 66.0 Å². The number of para-hydroxylation sites is 1. The minimum Gasteiger partial charge on any atom is -0.494 e. The van der Waals surface area contributed by atoms with Gasteiger partial charge >= 0.3 is 0 Å². The summed E-state index contributed by atoms with van der Waals surface area (Å²) < 4.78 is 17.1. The van der Waals surface area contributed by atoms with Crippen LogP contribution in [0.25, 0.3) is 22.2 Å². The van der Waals surface area contributed by atoms with Gasteiger partial charge in [-0.15, -0.1) is 0 Å². The maximum Gasteiger partial charge on any atom is 0.255 e. The molecule has 0 spiro atoms. The zero-order valence-corrected chi connectivity index (χ0v) is 22.8. The van der Waals surface area contributed by atoms with Crippen LogP contribution in [0.3, 0.4) is 0 Å². The van der Waals surface area contributed by atoms with E-state index in [9.17, 15) is 4.79 Å². The fourth-order valence-corrected chi connectivity index (χ4v) is 5.61. The predicted molar refractivity (Wildman–Crippen MR) is 151 cm³/mol. The molecule has 10 heteroatoms. The molecule has 1 atom stereocenters. The predicted octanol–water partition coefficient (Wildman–Crippen LogP) is 5.70. The lowest BCUT2D eigenvalue weighted by Crippen LogP contribution is -2.39. The van der Waals surface area contributed by atoms with Gasteiger partial charge < -0.3 is 24.4 Å². The standard InChI is InChI=1S/C29H26Cl2N4O4/c1-37-23-16-33-27-26(24(23)18-6-4-7-20(30)25(18)31)32-15-19(28(27)35-10-13-38-14-11-35)29(36)34-21-9-12-39-22-8-3-2-5-17(21)22/h2-8,15-16,21H,9-14H2,1H3,(H,34,36)/t21-/m0/s1. The van der Waals surface area contributed by atoms with Crippen LogP contribution in [0.1, 0.15) is 28.4 Å². The summed E-state index contributed by atoms with van der Waals surface area (Å²) in [6.45, 7) is 2.84. The Morgan fingerprint density at radius 3 is 2.64 bits per heavy atom. The highest BCUT2D eigenvalue weighted by molar-refractivity contribution is 6.44. The number of carbonyl (C=O) groups excluding carboxylic acids is 1. The summed E-state index contributed by atoms with van der Waals surface area (Å²) in [5.41, 5.74) is 4.56. The zero-order chi connectivity index (χ0) is 26.9. The van der Waals surface area contributed by atoms with Crippen LogP contribution in [0.2, 0.25) is 10.0 Å². The monoisotopic (exact) mass is 564 g/mol. The number of anilines is 1. The van der Waals surface area contributed by atoms with Crippen molar-refractivity contribution in [1.29, 1.82) is 0 Å². The third kappa shape index (κ3) is 4.73. The van der Waals surface area contributed by atoms with E-state index in [4.69, 9.17) is 47.4 Å². The van der Waals surface area contributed by atoms with Crippen LogP contribution in [-0.4, -0.2) is 55.9 Å². The van der Waals surface area contributed by atoms with Crippen molar-refractivity contribution in [3.05, 3.63) is 76.0 Å². The zero-order valence-electron chi connectivity index (χ0n) is 21.2. The number of nitrogens with one attached hydrogen (secondary N) is 1. The van der Waals surface area contributed by atoms with Crippen molar-refractivity contribution in [2.75, 3.05) is 44.9 Å². The molecule has 8 nitrogen and oxygen atoms in total. The van der Waals surface area contributed by atoms with Crippen molar-refractivity contribution >= 4 is 45.8 Å². The van der Waals surface area contributed by atoms with Gasteiger partial charge in [-0.25, -0.2) is 4.98 Å². The summed E-state index contributed by atoms with van der Waals surface area (Å²) in [6, 6.07) is 13.0. The molecule has 2 aromatic carbocycles. The Hall–Kier alpha value is -3.59. The molecule has 2 aliphatic heterocycles. The SMILES string of the molecule is COc1cnc2c(N3CCOCC3)c(C(=O)N[C@H]3CCOc4ccccc43)cnc2c1-c1cccc(Cl)c1Cl. The average Bonchev–Trinajstić information content (AvgIpc) is 2.98. The lowest BCUT2D eigenvalue weighted by atomic mass is 9.99. The van der Waals surface area contributed by atoms with E-state index in [1.807, 2.05) is 36.4 Å². The Kier molecular flexibility index (Phi) is 7.16. The lowest BCUT2D eigenvalue weighted by Gasteiger charge is -2.32. The number of ether oxygens (including phenoxy) is 3. The van der Waals surface area contributed by atoms with Gasteiger partial charge in [-0.1, -0.05) is 53.5 Å². The number of aromatic nitrogens is 2. The van der Waals surface area contributed by atoms with Crippen LogP contribution in [-0.2, 0) is 4.74 Å². The smallest absolute Gasteiger partial charge is 0.255 e. The van der Waals surface area contributed by atoms with Crippen molar-refractivity contribution in [3.8, 4) is 22.6 Å². The van der Waals surface area contributed by atoms with Gasteiger partial charge in [0.25, 0.3) is 5.91 Å². The molecule has 1 fully saturated rings. The number of pyridine rings is 2. The van der Waals surface area contributed by atoms with E-state index >= 15 is 0 Å². The molecule has 39 heavy (non-hydrogen) atoms. The normalized spacial score (nSPS) is 16.9. The Bertz CT molecular complexity index is 1560. The molecule has 0 radical (unpaired) electrons. The number of benzene rings is 2. The Labute approximate surface area is 235 Å². The van der Waals surface area contributed by atoms with Crippen LogP contribution < -0.4 is 19.7 Å². The molecule has 1 N–H and O–H groups in total. The molecule has 0 bridgehead atoms. The quantitative estimate of drug-likeness (QED) is 0.332. The Balaban J connectivity index is 1.50. The van der Waals surface area contributed by atoms with Crippen molar-refractivity contribution in [2.45, 2.75) is 12.5 Å². The minimum absolute atomic E-state index is 0.180. The second-order valence-corrected chi connectivity index (χ2v) is 10.1. The molecular formula is C29H26Cl2N4O4. The molecule has 4 heterocycles. The highest BCUT2D eigenvalue weighted by Crippen LogP contribution is 2.43. The van der Waals surface area contributed by atoms with Gasteiger partial charge in [0.15, 0.2) is 0 Å². The third-order valence-electron chi connectivity index (χ3n) is 7.10. The topological polar surface area (TPSA) is 85.8 Å². The first kappa shape index (κ1) is 25.7. The first-order valence-corrected chi connectivity index (χ1v) is 13.5. The molecular weight excluding hydrogens is 539 g/mol. The Morgan fingerprint density at radius 1 is 1.03 bits per heavy atom. The number of methoxy groups -OCH3 is 1. The molecule has 2 aliphatic rings. The van der Waals surface area contributed by atoms with Gasteiger partial charge in [-0.05, 0) is 12.1 Å². The van der Waals surface area contributed by atoms with Crippen molar-refractivity contribution in [3.63, 3.8) is 0 Å². The van der Waals surface area contributed by atoms with Crippen LogP contribution in [0, 0.1) is 0 Å². The van der Waals surface area contributed by atoms with E-state index in [-0.39, 0.29) is 11.9 Å². The summed E-state index contributed by atoms with van der Waals surface area (Å²) in [4.78, 5) is 25.5. The maximum absolute atomic E-state index is 13.9. The second-order valence-electron chi connectivity index (χ2n) is 9.32. The van der Waals surface area contributed by atoms with E-state index in [2.05, 4.69) is 10.2 Å². The largest absolute Gasteiger partial charge is 0.494 e. The number of nitrogens with zero attached hydrogens (tertiary/aromatic N) is 3. The van der Waals surface area contributed by atoms with Gasteiger partial charge in [-0.2, -0.15) is 0 Å². The number of hydrogen-bond acceptors (Lipinski definition) is 7. The molecule has 6 rings (SSSR count). The summed E-state index contributed by atoms with van der Waals surface area (Å²) in [5.74, 6) is 1.06. The fraction of sp³-hybridized carbons (Fsp3) is 0.276. The van der Waals surface area contributed by atoms with Crippen LogP contribution in [0.5, 0.6) is 11.5 Å². The fourth-order valence-electron chi connectivity index (χ4n) is 5.21. The summed E-state index contributed by atoms with van der Waals surface area (Å²) in [5, 5.41) is 4.02. The van der Waals surface area contributed by atoms with Crippen LogP contribution >= 0.6 is 23.2 Å². The van der Waals surface area contributed by atoms with Gasteiger partial charge in [0.1, 0.15) is 22.5 Å². The first-order chi connectivity index (χ1) is 19.1. The molecule has 0 unspecified atom stereocenters. The molecule has 1 saturated heterocycles. The average molecular weight is 565 g/mol. The summed E-state index contributed by atoms with van der Waals surface area (Å²) in [7, 11) is 1.57. The molecule has 0 saturated carbocycles. The number of halogens is 2. The molecule has 1 amide bonds. The molecule has 2 aromatic heterocycles. The molecule has 200 valence electrons. The highest BCUT2D eigenvalue weighted by atomic mass is 35.5. The number of fused-ring (bicyclic) bond motifs is 2. The van der Waals surface area contributed by atoms with Crippen LogP contribution in [0.4, 0.5) is 5.69 Å². The van der Waals surface area contributed by atoms with Crippen molar-refractivity contribution in [1.82, 2.24) is 15.3 Å². The first-order valence-electron chi connectivity index (χ1n) is 12.7. The second kappa shape index (κ2) is 10.9. The maximum atomic E-state index is 13.9. The van der Waals surface area contributed by atoms with Crippen molar-refractivity contribution < 1.29 is 19.0 Å². The van der Waals surface area contributed by atoms with Gasteiger partial charge in [0.2, 0.25) is 0 Å².